The van der Waals surface area contributed by atoms with Gasteiger partial charge in [-0.1, -0.05) is 0 Å². The van der Waals surface area contributed by atoms with Gasteiger partial charge in [0.2, 0.25) is 0 Å². The molecule has 0 radical (unpaired) electrons. The van der Waals surface area contributed by atoms with E-state index in [1.54, 1.807) is 19.5 Å². The number of hydrogen-bond acceptors (Lipinski definition) is 5. The molecule has 0 saturated heterocycles. The lowest BCUT2D eigenvalue weighted by Gasteiger charge is -2.15. The molecule has 0 amide bonds. The van der Waals surface area contributed by atoms with Gasteiger partial charge in [-0.2, -0.15) is 0 Å². The van der Waals surface area contributed by atoms with Crippen molar-refractivity contribution in [2.24, 2.45) is 5.84 Å². The zero-order valence-corrected chi connectivity index (χ0v) is 9.56. The Labute approximate surface area is 95.9 Å². The van der Waals surface area contributed by atoms with Crippen LogP contribution in [0, 0.1) is 0 Å². The van der Waals surface area contributed by atoms with E-state index >= 15 is 0 Å². The molecule has 1 rings (SSSR count). The van der Waals surface area contributed by atoms with E-state index in [1.165, 1.54) is 5.56 Å². The van der Waals surface area contributed by atoms with E-state index in [4.69, 9.17) is 15.3 Å². The van der Waals surface area contributed by atoms with Crippen molar-refractivity contribution in [2.75, 3.05) is 26.9 Å². The molecule has 0 aliphatic carbocycles. The molecule has 0 spiro atoms. The molecule has 0 aliphatic rings. The zero-order valence-electron chi connectivity index (χ0n) is 9.56. The summed E-state index contributed by atoms with van der Waals surface area (Å²) in [7, 11) is 1.65. The second kappa shape index (κ2) is 8.18. The van der Waals surface area contributed by atoms with E-state index in [1.807, 2.05) is 12.1 Å². The molecule has 90 valence electrons. The summed E-state index contributed by atoms with van der Waals surface area (Å²) in [6.45, 7) is 1.76. The lowest BCUT2D eigenvalue weighted by atomic mass is 10.1. The maximum atomic E-state index is 5.46. The van der Waals surface area contributed by atoms with Crippen LogP contribution in [0.4, 0.5) is 0 Å². The van der Waals surface area contributed by atoms with Gasteiger partial charge in [0.25, 0.3) is 0 Å². The van der Waals surface area contributed by atoms with Gasteiger partial charge in [0.15, 0.2) is 0 Å². The Balaban J connectivity index is 2.26. The average Bonchev–Trinajstić information content (AvgIpc) is 2.34. The van der Waals surface area contributed by atoms with Crippen LogP contribution < -0.4 is 11.3 Å². The lowest BCUT2D eigenvalue weighted by molar-refractivity contribution is 0.0587. The van der Waals surface area contributed by atoms with Gasteiger partial charge in [-0.3, -0.25) is 16.3 Å². The maximum absolute atomic E-state index is 5.46. The third-order valence-electron chi connectivity index (χ3n) is 2.22. The first kappa shape index (κ1) is 13.1. The smallest absolute Gasteiger partial charge is 0.0701 e. The Kier molecular flexibility index (Phi) is 6.67. The van der Waals surface area contributed by atoms with Gasteiger partial charge >= 0.3 is 0 Å². The van der Waals surface area contributed by atoms with E-state index in [-0.39, 0.29) is 6.04 Å². The number of pyridine rings is 1. The number of ether oxygens (including phenoxy) is 2. The molecule has 0 aromatic carbocycles. The van der Waals surface area contributed by atoms with Crippen LogP contribution in [0.1, 0.15) is 5.56 Å². The molecule has 0 aliphatic heterocycles. The van der Waals surface area contributed by atoms with Crippen LogP contribution in [0.5, 0.6) is 0 Å². The summed E-state index contributed by atoms with van der Waals surface area (Å²) >= 11 is 0. The van der Waals surface area contributed by atoms with Gasteiger partial charge in [-0.15, -0.1) is 0 Å². The highest BCUT2D eigenvalue weighted by Crippen LogP contribution is 2.01. The minimum atomic E-state index is 0.110. The fourth-order valence-electron chi connectivity index (χ4n) is 1.34. The molecule has 0 fully saturated rings. The van der Waals surface area contributed by atoms with Crippen molar-refractivity contribution in [2.45, 2.75) is 12.5 Å². The highest BCUT2D eigenvalue weighted by Gasteiger charge is 2.07. The fourth-order valence-corrected chi connectivity index (χ4v) is 1.34. The number of methoxy groups -OCH3 is 1. The summed E-state index contributed by atoms with van der Waals surface area (Å²) in [5, 5.41) is 0. The van der Waals surface area contributed by atoms with Crippen molar-refractivity contribution in [3.8, 4) is 0 Å². The first-order chi connectivity index (χ1) is 7.86. The first-order valence-electron chi connectivity index (χ1n) is 5.28. The van der Waals surface area contributed by atoms with E-state index < -0.39 is 0 Å². The number of nitrogens with one attached hydrogen (secondary N) is 1. The Morgan fingerprint density at radius 2 is 2.12 bits per heavy atom. The second-order valence-electron chi connectivity index (χ2n) is 3.49. The van der Waals surface area contributed by atoms with Crippen molar-refractivity contribution >= 4 is 0 Å². The summed E-state index contributed by atoms with van der Waals surface area (Å²) in [4.78, 5) is 3.97. The van der Waals surface area contributed by atoms with Gasteiger partial charge in [-0.25, -0.2) is 0 Å². The van der Waals surface area contributed by atoms with Gasteiger partial charge in [0.1, 0.15) is 0 Å². The summed E-state index contributed by atoms with van der Waals surface area (Å²) in [5.74, 6) is 5.46. The summed E-state index contributed by atoms with van der Waals surface area (Å²) in [6.07, 6.45) is 4.37. The largest absolute Gasteiger partial charge is 0.382 e. The van der Waals surface area contributed by atoms with E-state index in [2.05, 4.69) is 10.4 Å². The van der Waals surface area contributed by atoms with E-state index in [0.29, 0.717) is 19.8 Å². The SMILES string of the molecule is COCCOCC(Cc1ccncc1)NN. The van der Waals surface area contributed by atoms with Gasteiger partial charge in [0, 0.05) is 25.5 Å². The Hall–Kier alpha value is -1.01. The van der Waals surface area contributed by atoms with E-state index in [9.17, 15) is 0 Å². The molecular weight excluding hydrogens is 206 g/mol. The number of aromatic nitrogens is 1. The highest BCUT2D eigenvalue weighted by molar-refractivity contribution is 5.11. The van der Waals surface area contributed by atoms with Crippen LogP contribution in [-0.4, -0.2) is 38.0 Å². The molecule has 1 atom stereocenters. The van der Waals surface area contributed by atoms with Crippen molar-refractivity contribution in [1.82, 2.24) is 10.4 Å². The molecular formula is C11H19N3O2. The fraction of sp³-hybridized carbons (Fsp3) is 0.545. The highest BCUT2D eigenvalue weighted by atomic mass is 16.5. The molecule has 1 unspecified atom stereocenters. The van der Waals surface area contributed by atoms with Crippen LogP contribution in [-0.2, 0) is 15.9 Å². The second-order valence-corrected chi connectivity index (χ2v) is 3.49. The minimum Gasteiger partial charge on any atom is -0.382 e. The summed E-state index contributed by atoms with van der Waals surface area (Å²) < 4.78 is 10.3. The third-order valence-corrected chi connectivity index (χ3v) is 2.22. The van der Waals surface area contributed by atoms with Crippen LogP contribution in [0.15, 0.2) is 24.5 Å². The quantitative estimate of drug-likeness (QED) is 0.373. The standard InChI is InChI=1S/C11H19N3O2/c1-15-6-7-16-9-11(14-12)8-10-2-4-13-5-3-10/h2-5,11,14H,6-9,12H2,1H3. The maximum Gasteiger partial charge on any atom is 0.0701 e. The van der Waals surface area contributed by atoms with Crippen molar-refractivity contribution in [1.29, 1.82) is 0 Å². The van der Waals surface area contributed by atoms with Crippen LogP contribution in [0.3, 0.4) is 0 Å². The van der Waals surface area contributed by atoms with Crippen molar-refractivity contribution in [3.05, 3.63) is 30.1 Å². The van der Waals surface area contributed by atoms with Crippen LogP contribution in [0.2, 0.25) is 0 Å². The van der Waals surface area contributed by atoms with Gasteiger partial charge in [-0.05, 0) is 24.1 Å². The Morgan fingerprint density at radius 3 is 2.75 bits per heavy atom. The number of rotatable bonds is 8. The third kappa shape index (κ3) is 5.18. The van der Waals surface area contributed by atoms with Crippen LogP contribution >= 0.6 is 0 Å². The minimum absolute atomic E-state index is 0.110. The van der Waals surface area contributed by atoms with E-state index in [0.717, 1.165) is 6.42 Å². The molecule has 5 nitrogen and oxygen atoms in total. The molecule has 0 saturated carbocycles. The number of nitrogens with zero attached hydrogens (tertiary/aromatic N) is 1. The van der Waals surface area contributed by atoms with Crippen molar-refractivity contribution < 1.29 is 9.47 Å². The zero-order chi connectivity index (χ0) is 11.6. The molecule has 1 aromatic heterocycles. The topological polar surface area (TPSA) is 69.4 Å². The number of hydrazine groups is 1. The monoisotopic (exact) mass is 225 g/mol. The molecule has 5 heteroatoms. The average molecular weight is 225 g/mol. The Morgan fingerprint density at radius 1 is 1.38 bits per heavy atom. The molecule has 1 aromatic rings. The Bertz CT molecular complexity index is 269. The van der Waals surface area contributed by atoms with Gasteiger partial charge in [0.05, 0.1) is 19.8 Å². The first-order valence-corrected chi connectivity index (χ1v) is 5.28. The normalized spacial score (nSPS) is 12.6. The van der Waals surface area contributed by atoms with Crippen LogP contribution in [0.25, 0.3) is 0 Å². The summed E-state index contributed by atoms with van der Waals surface area (Å²) in [6, 6.07) is 4.05. The van der Waals surface area contributed by atoms with Gasteiger partial charge < -0.3 is 9.47 Å². The molecule has 3 N–H and O–H groups in total. The molecule has 1 heterocycles. The lowest BCUT2D eigenvalue weighted by Crippen LogP contribution is -2.40. The van der Waals surface area contributed by atoms with Crippen molar-refractivity contribution in [3.63, 3.8) is 0 Å². The molecule has 16 heavy (non-hydrogen) atoms. The number of hydrogen-bond donors (Lipinski definition) is 2. The predicted molar refractivity (Wildman–Crippen MR) is 61.7 cm³/mol. The number of nitrogens with two attached hydrogens (primary N) is 1. The predicted octanol–water partition coefficient (Wildman–Crippen LogP) is 0.119. The summed E-state index contributed by atoms with van der Waals surface area (Å²) in [5.41, 5.74) is 3.93. The molecule has 0 bridgehead atoms.